The highest BCUT2D eigenvalue weighted by Crippen LogP contribution is 2.48. The van der Waals surface area contributed by atoms with Gasteiger partial charge >= 0.3 is 0 Å². The van der Waals surface area contributed by atoms with Crippen LogP contribution in [-0.2, 0) is 0 Å². The fourth-order valence-corrected chi connectivity index (χ4v) is 5.61. The van der Waals surface area contributed by atoms with Crippen molar-refractivity contribution >= 4 is 17.7 Å². The van der Waals surface area contributed by atoms with Crippen LogP contribution in [0.3, 0.4) is 0 Å². The Morgan fingerprint density at radius 2 is 2.00 bits per heavy atom. The molecule has 1 N–H and O–H groups in total. The first-order valence-corrected chi connectivity index (χ1v) is 9.52. The van der Waals surface area contributed by atoms with E-state index in [1.54, 1.807) is 11.8 Å². The second kappa shape index (κ2) is 5.91. The van der Waals surface area contributed by atoms with Crippen molar-refractivity contribution in [2.45, 2.75) is 74.5 Å². The molecule has 1 heterocycles. The first-order chi connectivity index (χ1) is 10.7. The minimum atomic E-state index is -0.0588. The van der Waals surface area contributed by atoms with E-state index in [0.29, 0.717) is 23.0 Å². The van der Waals surface area contributed by atoms with Gasteiger partial charge in [0, 0.05) is 11.3 Å². The second-order valence-electron chi connectivity index (χ2n) is 7.22. The van der Waals surface area contributed by atoms with E-state index in [4.69, 9.17) is 4.52 Å². The molecule has 0 saturated heterocycles. The number of nitrogens with one attached hydrogen (secondary N) is 1. The van der Waals surface area contributed by atoms with Gasteiger partial charge in [-0.25, -0.2) is 0 Å². The maximum absolute atomic E-state index is 12.6. The molecule has 5 heteroatoms. The quantitative estimate of drug-likeness (QED) is 0.913. The maximum Gasteiger partial charge on any atom is 0.291 e. The predicted molar refractivity (Wildman–Crippen MR) is 86.1 cm³/mol. The highest BCUT2D eigenvalue weighted by Gasteiger charge is 2.45. The van der Waals surface area contributed by atoms with Gasteiger partial charge < -0.3 is 9.84 Å². The summed E-state index contributed by atoms with van der Waals surface area (Å²) >= 11 is 1.80. The van der Waals surface area contributed by atoms with Gasteiger partial charge in [-0.2, -0.15) is 0 Å². The molecule has 0 radical (unpaired) electrons. The number of hydrogen-bond acceptors (Lipinski definition) is 4. The lowest BCUT2D eigenvalue weighted by molar-refractivity contribution is 0.0887. The summed E-state index contributed by atoms with van der Waals surface area (Å²) < 4.78 is 5.38. The third kappa shape index (κ3) is 2.68. The monoisotopic (exact) mass is 320 g/mol. The third-order valence-corrected chi connectivity index (χ3v) is 7.12. The van der Waals surface area contributed by atoms with Crippen molar-refractivity contribution in [3.8, 4) is 0 Å². The number of aryl methyl sites for hydroxylation is 1. The molecule has 4 fully saturated rings. The van der Waals surface area contributed by atoms with Gasteiger partial charge in [0.2, 0.25) is 5.76 Å². The topological polar surface area (TPSA) is 55.1 Å². The molecule has 5 rings (SSSR count). The summed E-state index contributed by atoms with van der Waals surface area (Å²) in [4.78, 5) is 13.5. The van der Waals surface area contributed by atoms with Gasteiger partial charge in [-0.1, -0.05) is 24.4 Å². The number of nitrogens with zero attached hydrogens (tertiary/aromatic N) is 1. The highest BCUT2D eigenvalue weighted by atomic mass is 32.2. The number of aromatic nitrogens is 1. The first-order valence-electron chi connectivity index (χ1n) is 8.64. The molecule has 4 nitrogen and oxygen atoms in total. The Morgan fingerprint density at radius 3 is 2.68 bits per heavy atom. The van der Waals surface area contributed by atoms with Crippen LogP contribution in [0.15, 0.2) is 9.42 Å². The Bertz CT molecular complexity index is 559. The SMILES string of the molecule is Cc1noc(C(=O)N[C@@H]2CC3CC2C3)c1SC1CCCCC1. The van der Waals surface area contributed by atoms with Gasteiger partial charge in [-0.05, 0) is 50.9 Å². The molecular weight excluding hydrogens is 296 g/mol. The predicted octanol–water partition coefficient (Wildman–Crippen LogP) is 3.94. The molecule has 4 aliphatic rings. The number of carbonyl (C=O) groups excluding carboxylic acids is 1. The Balaban J connectivity index is 1.45. The molecule has 120 valence electrons. The summed E-state index contributed by atoms with van der Waals surface area (Å²) in [6.45, 7) is 1.94. The van der Waals surface area contributed by atoms with Gasteiger partial charge in [0.1, 0.15) is 0 Å². The number of fused-ring (bicyclic) bond motifs is 1. The number of thioether (sulfide) groups is 1. The standard InChI is InChI=1S/C17H24N2O2S/c1-10-16(22-13-5-3-2-4-6-13)15(21-19-10)17(20)18-14-9-11-7-12(14)8-11/h11-14H,2-9H2,1H3,(H,18,20)/t11?,12?,14-/m1/s1. The number of amides is 1. The molecule has 2 bridgehead atoms. The van der Waals surface area contributed by atoms with Crippen LogP contribution in [0.4, 0.5) is 0 Å². The summed E-state index contributed by atoms with van der Waals surface area (Å²) in [6, 6.07) is 0.357. The summed E-state index contributed by atoms with van der Waals surface area (Å²) in [5.74, 6) is 1.93. The fraction of sp³-hybridized carbons (Fsp3) is 0.765. The summed E-state index contributed by atoms with van der Waals surface area (Å²) in [6.07, 6.45) is 10.2. The Labute approximate surface area is 135 Å². The molecule has 1 aromatic heterocycles. The van der Waals surface area contributed by atoms with Crippen LogP contribution < -0.4 is 5.32 Å². The molecule has 1 amide bonds. The summed E-state index contributed by atoms with van der Waals surface area (Å²) in [5, 5.41) is 7.85. The fourth-order valence-electron chi connectivity index (χ4n) is 4.26. The summed E-state index contributed by atoms with van der Waals surface area (Å²) in [7, 11) is 0. The molecule has 0 aliphatic heterocycles. The molecule has 1 aromatic rings. The van der Waals surface area contributed by atoms with Crippen LogP contribution in [0, 0.1) is 18.8 Å². The van der Waals surface area contributed by atoms with Crippen molar-refractivity contribution in [2.75, 3.05) is 0 Å². The molecule has 0 spiro atoms. The molecule has 4 aliphatic carbocycles. The molecule has 0 aromatic carbocycles. The van der Waals surface area contributed by atoms with Crippen LogP contribution in [0.5, 0.6) is 0 Å². The van der Waals surface area contributed by atoms with Crippen LogP contribution in [0.1, 0.15) is 67.6 Å². The van der Waals surface area contributed by atoms with E-state index in [1.807, 2.05) is 6.92 Å². The molecule has 4 saturated carbocycles. The Hall–Kier alpha value is -0.970. The van der Waals surface area contributed by atoms with Gasteiger partial charge in [-0.3, -0.25) is 4.79 Å². The van der Waals surface area contributed by atoms with E-state index in [9.17, 15) is 4.79 Å². The Morgan fingerprint density at radius 1 is 1.23 bits per heavy atom. The third-order valence-electron chi connectivity index (χ3n) is 5.60. The zero-order valence-electron chi connectivity index (χ0n) is 13.1. The van der Waals surface area contributed by atoms with Crippen LogP contribution in [-0.4, -0.2) is 22.4 Å². The largest absolute Gasteiger partial charge is 0.350 e. The molecule has 0 unspecified atom stereocenters. The van der Waals surface area contributed by atoms with Crippen molar-refractivity contribution in [2.24, 2.45) is 11.8 Å². The average molecular weight is 320 g/mol. The lowest BCUT2D eigenvalue weighted by Gasteiger charge is -2.24. The van der Waals surface area contributed by atoms with E-state index >= 15 is 0 Å². The van der Waals surface area contributed by atoms with E-state index in [2.05, 4.69) is 10.5 Å². The van der Waals surface area contributed by atoms with Gasteiger partial charge in [-0.15, -0.1) is 11.8 Å². The number of rotatable bonds is 4. The van der Waals surface area contributed by atoms with E-state index in [0.717, 1.165) is 22.9 Å². The van der Waals surface area contributed by atoms with E-state index < -0.39 is 0 Å². The highest BCUT2D eigenvalue weighted by molar-refractivity contribution is 8.00. The molecular formula is C17H24N2O2S. The first kappa shape index (κ1) is 14.6. The maximum atomic E-state index is 12.6. The van der Waals surface area contributed by atoms with Crippen molar-refractivity contribution in [1.29, 1.82) is 0 Å². The smallest absolute Gasteiger partial charge is 0.291 e. The normalized spacial score (nSPS) is 31.0. The van der Waals surface area contributed by atoms with Crippen molar-refractivity contribution in [3.63, 3.8) is 0 Å². The Kier molecular flexibility index (Phi) is 3.93. The number of carbonyl (C=O) groups is 1. The van der Waals surface area contributed by atoms with Crippen molar-refractivity contribution in [3.05, 3.63) is 11.5 Å². The van der Waals surface area contributed by atoms with Crippen LogP contribution >= 0.6 is 11.8 Å². The van der Waals surface area contributed by atoms with Crippen molar-refractivity contribution in [1.82, 2.24) is 10.5 Å². The summed E-state index contributed by atoms with van der Waals surface area (Å²) in [5.41, 5.74) is 0.858. The minimum Gasteiger partial charge on any atom is -0.350 e. The lowest BCUT2D eigenvalue weighted by Crippen LogP contribution is -2.36. The van der Waals surface area contributed by atoms with Crippen LogP contribution in [0.25, 0.3) is 0 Å². The molecule has 1 atom stereocenters. The lowest BCUT2D eigenvalue weighted by atomic mass is 9.84. The van der Waals surface area contributed by atoms with E-state index in [-0.39, 0.29) is 5.91 Å². The van der Waals surface area contributed by atoms with Gasteiger partial charge in [0.25, 0.3) is 5.91 Å². The van der Waals surface area contributed by atoms with Gasteiger partial charge in [0.05, 0.1) is 10.6 Å². The number of hydrogen-bond donors (Lipinski definition) is 1. The molecule has 22 heavy (non-hydrogen) atoms. The zero-order chi connectivity index (χ0) is 15.1. The van der Waals surface area contributed by atoms with Gasteiger partial charge in [0.15, 0.2) is 0 Å². The van der Waals surface area contributed by atoms with Crippen LogP contribution in [0.2, 0.25) is 0 Å². The minimum absolute atomic E-state index is 0.0588. The zero-order valence-corrected chi connectivity index (χ0v) is 14.0. The van der Waals surface area contributed by atoms with Crippen molar-refractivity contribution < 1.29 is 9.32 Å². The van der Waals surface area contributed by atoms with E-state index in [1.165, 1.54) is 44.9 Å². The average Bonchev–Trinajstić information content (AvgIpc) is 3.14. The second-order valence-corrected chi connectivity index (χ2v) is 8.53.